The maximum atomic E-state index is 4.75. The highest BCUT2D eigenvalue weighted by atomic mass is 32.1. The van der Waals surface area contributed by atoms with E-state index in [1.165, 1.54) is 17.7 Å². The second kappa shape index (κ2) is 7.88. The van der Waals surface area contributed by atoms with Crippen LogP contribution >= 0.6 is 11.3 Å². The number of nitrogens with one attached hydrogen (secondary N) is 1. The van der Waals surface area contributed by atoms with Gasteiger partial charge in [0, 0.05) is 29.9 Å². The Kier molecular flexibility index (Phi) is 5.17. The van der Waals surface area contributed by atoms with Gasteiger partial charge in [0.2, 0.25) is 0 Å². The Balaban J connectivity index is 1.58. The number of anilines is 2. The van der Waals surface area contributed by atoms with Crippen molar-refractivity contribution in [2.75, 3.05) is 11.9 Å². The minimum absolute atomic E-state index is 0.317. The molecule has 1 unspecified atom stereocenters. The molecule has 0 saturated carbocycles. The number of rotatable bonds is 5. The van der Waals surface area contributed by atoms with Gasteiger partial charge in [-0.15, -0.1) is 11.3 Å². The second-order valence-electron chi connectivity index (χ2n) is 6.52. The number of nitrogens with zero attached hydrogens (tertiary/aromatic N) is 5. The molecule has 6 nitrogen and oxygen atoms in total. The summed E-state index contributed by atoms with van der Waals surface area (Å²) >= 11 is 1.72. The van der Waals surface area contributed by atoms with Crippen molar-refractivity contribution in [1.29, 1.82) is 0 Å². The zero-order valence-electron chi connectivity index (χ0n) is 14.8. The van der Waals surface area contributed by atoms with Gasteiger partial charge in [0.05, 0.1) is 17.2 Å². The summed E-state index contributed by atoms with van der Waals surface area (Å²) in [5.74, 6) is 2.38. The summed E-state index contributed by atoms with van der Waals surface area (Å²) in [5, 5.41) is 3.30. The van der Waals surface area contributed by atoms with Gasteiger partial charge >= 0.3 is 0 Å². The van der Waals surface area contributed by atoms with Crippen molar-refractivity contribution >= 4 is 23.0 Å². The van der Waals surface area contributed by atoms with Gasteiger partial charge in [0.15, 0.2) is 0 Å². The molecule has 0 aliphatic carbocycles. The molecule has 0 amide bonds. The van der Waals surface area contributed by atoms with Crippen LogP contribution in [0.25, 0.3) is 0 Å². The van der Waals surface area contributed by atoms with Crippen LogP contribution in [0.15, 0.2) is 42.2 Å². The molecular weight excluding hydrogens is 344 g/mol. The molecule has 26 heavy (non-hydrogen) atoms. The fraction of sp³-hybridized carbons (Fsp3) is 0.368. The van der Waals surface area contributed by atoms with E-state index < -0.39 is 0 Å². The monoisotopic (exact) mass is 366 g/mol. The van der Waals surface area contributed by atoms with E-state index >= 15 is 0 Å². The third-order valence-electron chi connectivity index (χ3n) is 4.58. The van der Waals surface area contributed by atoms with Crippen LogP contribution in [0.1, 0.15) is 41.7 Å². The van der Waals surface area contributed by atoms with E-state index in [1.54, 1.807) is 17.5 Å². The Morgan fingerprint density at radius 3 is 3.00 bits per heavy atom. The average Bonchev–Trinajstić information content (AvgIpc) is 3.16. The van der Waals surface area contributed by atoms with E-state index in [0.29, 0.717) is 6.04 Å². The molecule has 3 aromatic heterocycles. The Bertz CT molecular complexity index is 837. The number of likely N-dealkylation sites (tertiary alicyclic amines) is 1. The SMILES string of the molecule is Cc1nc(Nc2ccccn2)cc(C2CCCCN2Cc2cncs2)n1. The number of hydrogen-bond acceptors (Lipinski definition) is 7. The van der Waals surface area contributed by atoms with Gasteiger partial charge in [-0.25, -0.2) is 15.0 Å². The highest BCUT2D eigenvalue weighted by Gasteiger charge is 2.26. The maximum absolute atomic E-state index is 4.75. The summed E-state index contributed by atoms with van der Waals surface area (Å²) in [6.45, 7) is 3.97. The minimum Gasteiger partial charge on any atom is -0.325 e. The van der Waals surface area contributed by atoms with E-state index in [4.69, 9.17) is 4.98 Å². The van der Waals surface area contributed by atoms with Gasteiger partial charge < -0.3 is 5.32 Å². The summed E-state index contributed by atoms with van der Waals surface area (Å²) in [4.78, 5) is 21.6. The first-order valence-corrected chi connectivity index (χ1v) is 9.81. The van der Waals surface area contributed by atoms with E-state index in [1.807, 2.05) is 36.8 Å². The first-order valence-electron chi connectivity index (χ1n) is 8.93. The van der Waals surface area contributed by atoms with E-state index in [2.05, 4.69) is 31.2 Å². The largest absolute Gasteiger partial charge is 0.325 e. The lowest BCUT2D eigenvalue weighted by Crippen LogP contribution is -2.33. The zero-order valence-corrected chi connectivity index (χ0v) is 15.6. The number of aryl methyl sites for hydroxylation is 1. The Labute approximate surface area is 157 Å². The highest BCUT2D eigenvalue weighted by Crippen LogP contribution is 2.32. The molecule has 1 aliphatic heterocycles. The van der Waals surface area contributed by atoms with Crippen LogP contribution in [0, 0.1) is 6.92 Å². The number of thiazole rings is 1. The van der Waals surface area contributed by atoms with Gasteiger partial charge in [-0.2, -0.15) is 0 Å². The van der Waals surface area contributed by atoms with Crippen LogP contribution in [0.3, 0.4) is 0 Å². The lowest BCUT2D eigenvalue weighted by Gasteiger charge is -2.35. The predicted molar refractivity (Wildman–Crippen MR) is 103 cm³/mol. The summed E-state index contributed by atoms with van der Waals surface area (Å²) in [5.41, 5.74) is 2.98. The Morgan fingerprint density at radius 1 is 1.23 bits per heavy atom. The van der Waals surface area contributed by atoms with Crippen LogP contribution < -0.4 is 5.32 Å². The smallest absolute Gasteiger partial charge is 0.135 e. The summed E-state index contributed by atoms with van der Waals surface area (Å²) < 4.78 is 0. The number of pyridine rings is 1. The zero-order chi connectivity index (χ0) is 17.8. The number of hydrogen-bond donors (Lipinski definition) is 1. The molecule has 1 aliphatic rings. The molecule has 4 rings (SSSR count). The van der Waals surface area contributed by atoms with Crippen molar-refractivity contribution in [2.24, 2.45) is 0 Å². The van der Waals surface area contributed by atoms with Crippen LogP contribution in [-0.2, 0) is 6.54 Å². The van der Waals surface area contributed by atoms with Gasteiger partial charge in [-0.1, -0.05) is 12.5 Å². The first kappa shape index (κ1) is 17.1. The van der Waals surface area contributed by atoms with Crippen molar-refractivity contribution in [3.05, 3.63) is 58.6 Å². The summed E-state index contributed by atoms with van der Waals surface area (Å²) in [6, 6.07) is 8.19. The predicted octanol–water partition coefficient (Wildman–Crippen LogP) is 4.11. The van der Waals surface area contributed by atoms with Gasteiger partial charge in [-0.3, -0.25) is 9.88 Å². The van der Waals surface area contributed by atoms with Crippen molar-refractivity contribution in [1.82, 2.24) is 24.8 Å². The van der Waals surface area contributed by atoms with Crippen molar-refractivity contribution in [3.63, 3.8) is 0 Å². The Morgan fingerprint density at radius 2 is 2.19 bits per heavy atom. The molecule has 0 bridgehead atoms. The molecule has 4 heterocycles. The molecule has 3 aromatic rings. The fourth-order valence-electron chi connectivity index (χ4n) is 3.43. The second-order valence-corrected chi connectivity index (χ2v) is 7.49. The first-order chi connectivity index (χ1) is 12.8. The molecule has 1 fully saturated rings. The third-order valence-corrected chi connectivity index (χ3v) is 5.34. The molecule has 0 radical (unpaired) electrons. The molecule has 134 valence electrons. The maximum Gasteiger partial charge on any atom is 0.135 e. The molecule has 7 heteroatoms. The van der Waals surface area contributed by atoms with Gasteiger partial charge in [0.1, 0.15) is 17.5 Å². The average molecular weight is 366 g/mol. The van der Waals surface area contributed by atoms with Crippen LogP contribution in [-0.4, -0.2) is 31.4 Å². The molecule has 0 spiro atoms. The molecular formula is C19H22N6S. The standard InChI is InChI=1S/C19H22N6S/c1-14-22-16(10-19(23-14)24-18-7-2-4-8-21-18)17-6-3-5-9-25(17)12-15-11-20-13-26-15/h2,4,7-8,10-11,13,17H,3,5-6,9,12H2,1H3,(H,21,22,23,24). The van der Waals surface area contributed by atoms with Crippen molar-refractivity contribution < 1.29 is 0 Å². The fourth-order valence-corrected chi connectivity index (χ4v) is 4.05. The summed E-state index contributed by atoms with van der Waals surface area (Å²) in [6.07, 6.45) is 7.33. The lowest BCUT2D eigenvalue weighted by molar-refractivity contribution is 0.138. The van der Waals surface area contributed by atoms with E-state index in [-0.39, 0.29) is 0 Å². The topological polar surface area (TPSA) is 66.8 Å². The van der Waals surface area contributed by atoms with E-state index in [9.17, 15) is 0 Å². The van der Waals surface area contributed by atoms with Gasteiger partial charge in [0.25, 0.3) is 0 Å². The van der Waals surface area contributed by atoms with Crippen LogP contribution in [0.2, 0.25) is 0 Å². The highest BCUT2D eigenvalue weighted by molar-refractivity contribution is 7.09. The molecule has 0 aromatic carbocycles. The third kappa shape index (κ3) is 4.05. The molecule has 1 saturated heterocycles. The number of aromatic nitrogens is 4. The van der Waals surface area contributed by atoms with Gasteiger partial charge in [-0.05, 0) is 38.4 Å². The quantitative estimate of drug-likeness (QED) is 0.733. The van der Waals surface area contributed by atoms with Crippen LogP contribution in [0.5, 0.6) is 0 Å². The minimum atomic E-state index is 0.317. The summed E-state index contributed by atoms with van der Waals surface area (Å²) in [7, 11) is 0. The molecule has 1 N–H and O–H groups in total. The number of piperidine rings is 1. The normalized spacial score (nSPS) is 18.0. The van der Waals surface area contributed by atoms with Crippen molar-refractivity contribution in [2.45, 2.75) is 38.8 Å². The van der Waals surface area contributed by atoms with Crippen molar-refractivity contribution in [3.8, 4) is 0 Å². The van der Waals surface area contributed by atoms with E-state index in [0.717, 1.165) is 42.7 Å². The molecule has 1 atom stereocenters. The Hall–Kier alpha value is -2.38. The lowest BCUT2D eigenvalue weighted by atomic mass is 9.99. The van der Waals surface area contributed by atoms with Crippen LogP contribution in [0.4, 0.5) is 11.6 Å².